The highest BCUT2D eigenvalue weighted by atomic mass is 16.3. The van der Waals surface area contributed by atoms with E-state index in [-0.39, 0.29) is 17.2 Å². The predicted octanol–water partition coefficient (Wildman–Crippen LogP) is 9.14. The average Bonchev–Trinajstić information content (AvgIpc) is 2.98. The van der Waals surface area contributed by atoms with E-state index in [1.54, 1.807) is 36.4 Å². The maximum absolute atomic E-state index is 9.81. The fourth-order valence-corrected chi connectivity index (χ4v) is 4.80. The SMILES string of the molecule is Oc1ccc(-c2ccc(-c3cc(-c4ccc(O)cc4)cc(-c4ccc(-c5ccc(O)cc5)cc4)c3)cc2)cc1. The standard InChI is InChI=1S/C36H26O3/c37-34-15-9-26(10-16-34)24-1-5-28(6-2-24)31-21-32(23-33(22-31)30-13-19-36(39)20-14-30)29-7-3-25(4-8-29)27-11-17-35(38)18-12-27/h1-23,37-39H. The molecule has 6 aromatic rings. The summed E-state index contributed by atoms with van der Waals surface area (Å²) >= 11 is 0. The number of aromatic hydroxyl groups is 3. The van der Waals surface area contributed by atoms with E-state index in [9.17, 15) is 15.3 Å². The molecular formula is C36H26O3. The largest absolute Gasteiger partial charge is 0.508 e. The third kappa shape index (κ3) is 5.25. The van der Waals surface area contributed by atoms with E-state index in [1.807, 2.05) is 36.4 Å². The van der Waals surface area contributed by atoms with Crippen LogP contribution >= 0.6 is 0 Å². The van der Waals surface area contributed by atoms with E-state index in [1.165, 1.54) is 0 Å². The van der Waals surface area contributed by atoms with Crippen molar-refractivity contribution in [3.05, 3.63) is 140 Å². The van der Waals surface area contributed by atoms with Crippen molar-refractivity contribution in [3.63, 3.8) is 0 Å². The van der Waals surface area contributed by atoms with Crippen LogP contribution in [0.1, 0.15) is 0 Å². The van der Waals surface area contributed by atoms with Gasteiger partial charge in [0.25, 0.3) is 0 Å². The van der Waals surface area contributed by atoms with Crippen LogP contribution in [0.4, 0.5) is 0 Å². The minimum absolute atomic E-state index is 0.241. The lowest BCUT2D eigenvalue weighted by molar-refractivity contribution is 0.475. The summed E-state index contributed by atoms with van der Waals surface area (Å²) in [6.07, 6.45) is 0. The molecule has 3 heteroatoms. The number of phenols is 3. The van der Waals surface area contributed by atoms with Crippen LogP contribution in [0, 0.1) is 0 Å². The third-order valence-corrected chi connectivity index (χ3v) is 6.97. The number of hydrogen-bond acceptors (Lipinski definition) is 3. The van der Waals surface area contributed by atoms with Crippen molar-refractivity contribution in [1.29, 1.82) is 0 Å². The minimum Gasteiger partial charge on any atom is -0.508 e. The summed E-state index contributed by atoms with van der Waals surface area (Å²) < 4.78 is 0. The van der Waals surface area contributed by atoms with Gasteiger partial charge in [-0.2, -0.15) is 0 Å². The molecule has 0 atom stereocenters. The first kappa shape index (κ1) is 24.1. The van der Waals surface area contributed by atoms with E-state index >= 15 is 0 Å². The highest BCUT2D eigenvalue weighted by Gasteiger charge is 2.09. The van der Waals surface area contributed by atoms with E-state index in [4.69, 9.17) is 0 Å². The van der Waals surface area contributed by atoms with Gasteiger partial charge in [-0.3, -0.25) is 0 Å². The fraction of sp³-hybridized carbons (Fsp3) is 0. The van der Waals surface area contributed by atoms with Crippen molar-refractivity contribution >= 4 is 0 Å². The summed E-state index contributed by atoms with van der Waals surface area (Å²) in [5.41, 5.74) is 10.7. The Kier molecular flexibility index (Phi) is 6.32. The first-order valence-corrected chi connectivity index (χ1v) is 12.8. The summed E-state index contributed by atoms with van der Waals surface area (Å²) in [6.45, 7) is 0. The summed E-state index contributed by atoms with van der Waals surface area (Å²) in [7, 11) is 0. The number of phenolic OH excluding ortho intramolecular Hbond substituents is 3. The highest BCUT2D eigenvalue weighted by Crippen LogP contribution is 2.35. The third-order valence-electron chi connectivity index (χ3n) is 6.97. The van der Waals surface area contributed by atoms with Crippen LogP contribution in [-0.2, 0) is 0 Å². The van der Waals surface area contributed by atoms with Crippen molar-refractivity contribution < 1.29 is 15.3 Å². The molecule has 0 aliphatic carbocycles. The van der Waals surface area contributed by atoms with E-state index in [0.717, 1.165) is 55.6 Å². The normalized spacial score (nSPS) is 10.9. The molecular weight excluding hydrogens is 480 g/mol. The van der Waals surface area contributed by atoms with Gasteiger partial charge in [0.2, 0.25) is 0 Å². The molecule has 0 heterocycles. The Bertz CT molecular complexity index is 1610. The highest BCUT2D eigenvalue weighted by molar-refractivity contribution is 5.83. The summed E-state index contributed by atoms with van der Waals surface area (Å²) in [6, 6.07) is 45.2. The van der Waals surface area contributed by atoms with Gasteiger partial charge in [-0.05, 0) is 110 Å². The number of rotatable bonds is 5. The van der Waals surface area contributed by atoms with Crippen LogP contribution in [0.3, 0.4) is 0 Å². The Hall–Kier alpha value is -5.28. The average molecular weight is 507 g/mol. The number of hydrogen-bond donors (Lipinski definition) is 3. The summed E-state index contributed by atoms with van der Waals surface area (Å²) in [5.74, 6) is 0.750. The molecule has 0 radical (unpaired) electrons. The van der Waals surface area contributed by atoms with E-state index in [0.29, 0.717) is 0 Å². The van der Waals surface area contributed by atoms with Crippen molar-refractivity contribution in [1.82, 2.24) is 0 Å². The zero-order valence-corrected chi connectivity index (χ0v) is 21.1. The maximum atomic E-state index is 9.81. The lowest BCUT2D eigenvalue weighted by Crippen LogP contribution is -1.87. The zero-order chi connectivity index (χ0) is 26.8. The van der Waals surface area contributed by atoms with Crippen LogP contribution in [0.15, 0.2) is 140 Å². The molecule has 0 saturated carbocycles. The first-order valence-electron chi connectivity index (χ1n) is 12.8. The smallest absolute Gasteiger partial charge is 0.115 e. The van der Waals surface area contributed by atoms with Gasteiger partial charge in [-0.25, -0.2) is 0 Å². The second-order valence-electron chi connectivity index (χ2n) is 9.59. The van der Waals surface area contributed by atoms with Crippen LogP contribution < -0.4 is 0 Å². The molecule has 0 unspecified atom stereocenters. The van der Waals surface area contributed by atoms with Crippen molar-refractivity contribution in [2.75, 3.05) is 0 Å². The molecule has 3 N–H and O–H groups in total. The second kappa shape index (κ2) is 10.2. The summed E-state index contributed by atoms with van der Waals surface area (Å²) in [5, 5.41) is 29.0. The van der Waals surface area contributed by atoms with Crippen LogP contribution in [-0.4, -0.2) is 15.3 Å². The van der Waals surface area contributed by atoms with Gasteiger partial charge >= 0.3 is 0 Å². The van der Waals surface area contributed by atoms with Gasteiger partial charge in [0.1, 0.15) is 17.2 Å². The molecule has 0 amide bonds. The molecule has 6 aromatic carbocycles. The maximum Gasteiger partial charge on any atom is 0.115 e. The summed E-state index contributed by atoms with van der Waals surface area (Å²) in [4.78, 5) is 0. The van der Waals surface area contributed by atoms with Crippen LogP contribution in [0.5, 0.6) is 17.2 Å². The zero-order valence-electron chi connectivity index (χ0n) is 21.1. The molecule has 0 spiro atoms. The van der Waals surface area contributed by atoms with Gasteiger partial charge in [0.15, 0.2) is 0 Å². The molecule has 0 aliphatic heterocycles. The topological polar surface area (TPSA) is 60.7 Å². The van der Waals surface area contributed by atoms with Gasteiger partial charge in [-0.1, -0.05) is 84.9 Å². The van der Waals surface area contributed by atoms with Crippen molar-refractivity contribution in [2.45, 2.75) is 0 Å². The predicted molar refractivity (Wildman–Crippen MR) is 159 cm³/mol. The second-order valence-corrected chi connectivity index (χ2v) is 9.59. The van der Waals surface area contributed by atoms with Gasteiger partial charge < -0.3 is 15.3 Å². The molecule has 188 valence electrons. The monoisotopic (exact) mass is 506 g/mol. The van der Waals surface area contributed by atoms with E-state index in [2.05, 4.69) is 66.7 Å². The Morgan fingerprint density at radius 2 is 0.359 bits per heavy atom. The first-order chi connectivity index (χ1) is 19.0. The van der Waals surface area contributed by atoms with Gasteiger partial charge in [0, 0.05) is 0 Å². The molecule has 39 heavy (non-hydrogen) atoms. The molecule has 0 fully saturated rings. The number of benzene rings is 6. The minimum atomic E-state index is 0.241. The Morgan fingerprint density at radius 3 is 0.564 bits per heavy atom. The lowest BCUT2D eigenvalue weighted by Gasteiger charge is -2.13. The molecule has 0 aliphatic rings. The molecule has 0 aromatic heterocycles. The van der Waals surface area contributed by atoms with Crippen molar-refractivity contribution in [3.8, 4) is 72.9 Å². The van der Waals surface area contributed by atoms with Gasteiger partial charge in [-0.15, -0.1) is 0 Å². The Morgan fingerprint density at radius 1 is 0.205 bits per heavy atom. The van der Waals surface area contributed by atoms with Crippen LogP contribution in [0.2, 0.25) is 0 Å². The fourth-order valence-electron chi connectivity index (χ4n) is 4.80. The molecule has 0 bridgehead atoms. The van der Waals surface area contributed by atoms with E-state index < -0.39 is 0 Å². The lowest BCUT2D eigenvalue weighted by atomic mass is 9.92. The Balaban J connectivity index is 1.40. The Labute approximate surface area is 227 Å². The van der Waals surface area contributed by atoms with Crippen LogP contribution in [0.25, 0.3) is 55.6 Å². The molecule has 6 rings (SSSR count). The molecule has 0 saturated heterocycles. The quantitative estimate of drug-likeness (QED) is 0.218. The van der Waals surface area contributed by atoms with Crippen molar-refractivity contribution in [2.24, 2.45) is 0 Å². The van der Waals surface area contributed by atoms with Gasteiger partial charge in [0.05, 0.1) is 0 Å². The molecule has 3 nitrogen and oxygen atoms in total.